The van der Waals surface area contributed by atoms with Crippen LogP contribution in [0.4, 0.5) is 5.69 Å². The number of halogens is 1. The molecule has 0 fully saturated rings. The molecule has 1 amide bonds. The van der Waals surface area contributed by atoms with Gasteiger partial charge in [0.1, 0.15) is 12.6 Å². The summed E-state index contributed by atoms with van der Waals surface area (Å²) < 4.78 is 2.80. The van der Waals surface area contributed by atoms with Crippen LogP contribution >= 0.6 is 15.9 Å². The van der Waals surface area contributed by atoms with Crippen molar-refractivity contribution >= 4 is 38.4 Å². The fraction of sp³-hybridized carbons (Fsp3) is 0.200. The lowest BCUT2D eigenvalue weighted by atomic mass is 10.0. The molecule has 0 spiro atoms. The van der Waals surface area contributed by atoms with Gasteiger partial charge in [0.25, 0.3) is 0 Å². The van der Waals surface area contributed by atoms with Crippen LogP contribution in [0.25, 0.3) is 10.9 Å². The van der Waals surface area contributed by atoms with Gasteiger partial charge in [-0.25, -0.2) is 0 Å². The summed E-state index contributed by atoms with van der Waals surface area (Å²) in [6.07, 6.45) is 3.76. The Morgan fingerprint density at radius 2 is 2.08 bits per heavy atom. The molecule has 25 heavy (non-hydrogen) atoms. The number of carbonyl (C=O) groups excluding carboxylic acids is 1. The van der Waals surface area contributed by atoms with Crippen LogP contribution in [0.1, 0.15) is 17.5 Å². The molecule has 0 bridgehead atoms. The van der Waals surface area contributed by atoms with Crippen LogP contribution in [0.15, 0.2) is 53.1 Å². The number of carbonyl (C=O) groups is 1. The van der Waals surface area contributed by atoms with Crippen molar-refractivity contribution in [1.29, 1.82) is 5.26 Å². The average Bonchev–Trinajstić information content (AvgIpc) is 2.97. The first-order valence-corrected chi connectivity index (χ1v) is 9.03. The van der Waals surface area contributed by atoms with E-state index in [0.29, 0.717) is 5.56 Å². The predicted molar refractivity (Wildman–Crippen MR) is 101 cm³/mol. The third-order valence-corrected chi connectivity index (χ3v) is 5.17. The Morgan fingerprint density at radius 1 is 1.24 bits per heavy atom. The number of nitrogens with zero attached hydrogens (tertiary/aromatic N) is 3. The fourth-order valence-corrected chi connectivity index (χ4v) is 3.87. The van der Waals surface area contributed by atoms with Crippen LogP contribution in [-0.2, 0) is 17.8 Å². The molecule has 0 saturated heterocycles. The first-order chi connectivity index (χ1) is 12.2. The third-order valence-electron chi connectivity index (χ3n) is 4.68. The Balaban J connectivity index is 1.69. The molecule has 4 nitrogen and oxygen atoms in total. The van der Waals surface area contributed by atoms with Crippen LogP contribution in [0.3, 0.4) is 0 Å². The van der Waals surface area contributed by atoms with Gasteiger partial charge in [0.15, 0.2) is 0 Å². The first-order valence-electron chi connectivity index (χ1n) is 8.24. The largest absolute Gasteiger partial charge is 0.337 e. The van der Waals surface area contributed by atoms with E-state index in [1.54, 1.807) is 6.20 Å². The number of hydrogen-bond donors (Lipinski definition) is 0. The van der Waals surface area contributed by atoms with Gasteiger partial charge in [-0.1, -0.05) is 34.1 Å². The van der Waals surface area contributed by atoms with Crippen molar-refractivity contribution in [3.8, 4) is 6.07 Å². The van der Waals surface area contributed by atoms with E-state index in [0.717, 1.165) is 40.4 Å². The normalized spacial score (nSPS) is 13.5. The lowest BCUT2D eigenvalue weighted by Gasteiger charge is -2.29. The summed E-state index contributed by atoms with van der Waals surface area (Å²) in [4.78, 5) is 14.8. The highest BCUT2D eigenvalue weighted by Crippen LogP contribution is 2.28. The summed E-state index contributed by atoms with van der Waals surface area (Å²) in [6, 6.07) is 16.1. The second-order valence-corrected chi connectivity index (χ2v) is 7.14. The summed E-state index contributed by atoms with van der Waals surface area (Å²) in [5, 5.41) is 10.2. The summed E-state index contributed by atoms with van der Waals surface area (Å²) in [6.45, 7) is 0.972. The van der Waals surface area contributed by atoms with Gasteiger partial charge in [0.05, 0.1) is 5.56 Å². The minimum Gasteiger partial charge on any atom is -0.337 e. The van der Waals surface area contributed by atoms with Gasteiger partial charge < -0.3 is 9.47 Å². The zero-order valence-electron chi connectivity index (χ0n) is 13.6. The molecule has 2 aromatic carbocycles. The van der Waals surface area contributed by atoms with Crippen LogP contribution in [0.2, 0.25) is 0 Å². The highest BCUT2D eigenvalue weighted by atomic mass is 79.9. The predicted octanol–water partition coefficient (Wildman–Crippen LogP) is 4.25. The number of anilines is 1. The van der Waals surface area contributed by atoms with Gasteiger partial charge >= 0.3 is 0 Å². The number of aromatic nitrogens is 1. The Morgan fingerprint density at radius 3 is 2.92 bits per heavy atom. The second-order valence-electron chi connectivity index (χ2n) is 6.22. The Hall–Kier alpha value is -2.58. The molecule has 4 rings (SSSR count). The summed E-state index contributed by atoms with van der Waals surface area (Å²) in [7, 11) is 0. The molecule has 0 saturated carbocycles. The minimum atomic E-state index is 0.0523. The van der Waals surface area contributed by atoms with E-state index in [-0.39, 0.29) is 12.5 Å². The standard InChI is InChI=1S/C20H16BrN3O/c21-16-7-8-19-17(10-16)15(11-22)12-23(19)13-20(25)24-9-3-5-14-4-1-2-6-18(14)24/h1-2,4,6-8,10,12H,3,5,9,13H2. The zero-order chi connectivity index (χ0) is 17.4. The molecule has 0 radical (unpaired) electrons. The van der Waals surface area contributed by atoms with Gasteiger partial charge in [-0.15, -0.1) is 0 Å². The fourth-order valence-electron chi connectivity index (χ4n) is 3.51. The van der Waals surface area contributed by atoms with Crippen molar-refractivity contribution in [2.45, 2.75) is 19.4 Å². The molecule has 0 aliphatic carbocycles. The van der Waals surface area contributed by atoms with Crippen molar-refractivity contribution in [3.05, 3.63) is 64.3 Å². The summed E-state index contributed by atoms with van der Waals surface area (Å²) in [5.41, 5.74) is 3.72. The third kappa shape index (κ3) is 2.83. The maximum Gasteiger partial charge on any atom is 0.246 e. The van der Waals surface area contributed by atoms with Crippen LogP contribution < -0.4 is 4.90 Å². The van der Waals surface area contributed by atoms with Crippen LogP contribution in [0, 0.1) is 11.3 Å². The number of nitriles is 1. The highest BCUT2D eigenvalue weighted by molar-refractivity contribution is 9.10. The number of fused-ring (bicyclic) bond motifs is 2. The van der Waals surface area contributed by atoms with Crippen molar-refractivity contribution in [2.24, 2.45) is 0 Å². The summed E-state index contributed by atoms with van der Waals surface area (Å²) in [5.74, 6) is 0.0523. The monoisotopic (exact) mass is 393 g/mol. The molecule has 2 heterocycles. The smallest absolute Gasteiger partial charge is 0.246 e. The van der Waals surface area contributed by atoms with E-state index in [1.807, 2.05) is 45.9 Å². The van der Waals surface area contributed by atoms with E-state index in [2.05, 4.69) is 28.1 Å². The molecule has 5 heteroatoms. The number of amides is 1. The number of benzene rings is 2. The van der Waals surface area contributed by atoms with E-state index < -0.39 is 0 Å². The van der Waals surface area contributed by atoms with Gasteiger partial charge in [-0.05, 0) is 42.7 Å². The van der Waals surface area contributed by atoms with E-state index >= 15 is 0 Å². The van der Waals surface area contributed by atoms with Gasteiger partial charge in [-0.3, -0.25) is 4.79 Å². The maximum absolute atomic E-state index is 13.0. The molecule has 124 valence electrons. The quantitative estimate of drug-likeness (QED) is 0.652. The van der Waals surface area contributed by atoms with Crippen LogP contribution in [0.5, 0.6) is 0 Å². The molecular formula is C20H16BrN3O. The summed E-state index contributed by atoms with van der Waals surface area (Å²) >= 11 is 3.44. The van der Waals surface area contributed by atoms with E-state index in [9.17, 15) is 10.1 Å². The van der Waals surface area contributed by atoms with Crippen molar-refractivity contribution in [2.75, 3.05) is 11.4 Å². The number of para-hydroxylation sites is 1. The Kier molecular flexibility index (Phi) is 4.06. The molecule has 1 aromatic heterocycles. The van der Waals surface area contributed by atoms with E-state index in [1.165, 1.54) is 5.56 Å². The molecule has 0 atom stereocenters. The maximum atomic E-state index is 13.0. The number of rotatable bonds is 2. The average molecular weight is 394 g/mol. The Bertz CT molecular complexity index is 1020. The molecule has 1 aliphatic rings. The molecule has 1 aliphatic heterocycles. The van der Waals surface area contributed by atoms with Crippen molar-refractivity contribution < 1.29 is 4.79 Å². The molecule has 3 aromatic rings. The van der Waals surface area contributed by atoms with Gasteiger partial charge in [0.2, 0.25) is 5.91 Å². The SMILES string of the molecule is N#Cc1cn(CC(=O)N2CCCc3ccccc32)c2ccc(Br)cc12. The highest BCUT2D eigenvalue weighted by Gasteiger charge is 2.23. The van der Waals surface area contributed by atoms with Gasteiger partial charge in [-0.2, -0.15) is 5.26 Å². The molecule has 0 N–H and O–H groups in total. The second kappa shape index (κ2) is 6.38. The molecular weight excluding hydrogens is 378 g/mol. The molecule has 0 unspecified atom stereocenters. The number of hydrogen-bond acceptors (Lipinski definition) is 2. The topological polar surface area (TPSA) is 49.0 Å². The van der Waals surface area contributed by atoms with Crippen LogP contribution in [-0.4, -0.2) is 17.0 Å². The minimum absolute atomic E-state index is 0.0523. The Labute approximate surface area is 154 Å². The van der Waals surface area contributed by atoms with E-state index in [4.69, 9.17) is 0 Å². The van der Waals surface area contributed by atoms with Crippen molar-refractivity contribution in [1.82, 2.24) is 4.57 Å². The first kappa shape index (κ1) is 15.9. The van der Waals surface area contributed by atoms with Gasteiger partial charge in [0, 0.05) is 33.8 Å². The lowest BCUT2D eigenvalue weighted by Crippen LogP contribution is -2.37. The van der Waals surface area contributed by atoms with Crippen molar-refractivity contribution in [3.63, 3.8) is 0 Å². The lowest BCUT2D eigenvalue weighted by molar-refractivity contribution is -0.119. The zero-order valence-corrected chi connectivity index (χ0v) is 15.2. The number of aryl methyl sites for hydroxylation is 1.